The molecule has 0 amide bonds. The van der Waals surface area contributed by atoms with E-state index in [-0.39, 0.29) is 5.92 Å². The summed E-state index contributed by atoms with van der Waals surface area (Å²) in [6, 6.07) is 18.7. The average molecular weight is 505 g/mol. The number of aliphatic carboxylic acids is 1. The van der Waals surface area contributed by atoms with Gasteiger partial charge in [-0.05, 0) is 67.1 Å². The highest BCUT2D eigenvalue weighted by Crippen LogP contribution is 2.75. The Balaban J connectivity index is 2.01. The number of carboxylic acids is 1. The molecule has 1 aliphatic rings. The zero-order chi connectivity index (χ0) is 20.5. The smallest absolute Gasteiger partial charge is 0.312 e. The lowest BCUT2D eigenvalue weighted by molar-refractivity contribution is -0.145. The first-order valence-corrected chi connectivity index (χ1v) is 10.3. The fourth-order valence-electron chi connectivity index (χ4n) is 4.21. The molecule has 0 bridgehead atoms. The summed E-state index contributed by atoms with van der Waals surface area (Å²) in [4.78, 5) is 12.4. The Kier molecular flexibility index (Phi) is 5.69. The number of hydrogen-bond donors (Lipinski definition) is 1. The van der Waals surface area contributed by atoms with Gasteiger partial charge in [0.2, 0.25) is 0 Å². The van der Waals surface area contributed by atoms with Crippen molar-refractivity contribution in [2.75, 3.05) is 0 Å². The summed E-state index contributed by atoms with van der Waals surface area (Å²) in [5, 5.41) is 20.1. The van der Waals surface area contributed by atoms with Gasteiger partial charge in [-0.2, -0.15) is 5.26 Å². The normalized spacial score (nSPS) is 23.2. The van der Waals surface area contributed by atoms with Gasteiger partial charge in [0, 0.05) is 5.92 Å². The Morgan fingerprint density at radius 1 is 1.18 bits per heavy atom. The number of carbonyl (C=O) groups is 1. The monoisotopic (exact) mass is 503 g/mol. The maximum atomic E-state index is 12.4. The average Bonchev–Trinajstić information content (AvgIpc) is 3.12. The molecule has 1 N–H and O–H groups in total. The number of halogens is 2. The van der Waals surface area contributed by atoms with E-state index in [4.69, 9.17) is 4.74 Å². The summed E-state index contributed by atoms with van der Waals surface area (Å²) in [6.45, 7) is 3.78. The van der Waals surface area contributed by atoms with Crippen LogP contribution < -0.4 is 4.74 Å². The number of carboxylic acid groups (broad SMARTS) is 1. The maximum absolute atomic E-state index is 12.4. The molecule has 0 unspecified atom stereocenters. The highest BCUT2D eigenvalue weighted by molar-refractivity contribution is 9.28. The van der Waals surface area contributed by atoms with Gasteiger partial charge >= 0.3 is 5.97 Å². The predicted molar refractivity (Wildman–Crippen MR) is 115 cm³/mol. The van der Waals surface area contributed by atoms with E-state index in [0.29, 0.717) is 20.5 Å². The van der Waals surface area contributed by atoms with Crippen molar-refractivity contribution >= 4 is 37.8 Å². The zero-order valence-corrected chi connectivity index (χ0v) is 18.6. The van der Waals surface area contributed by atoms with Gasteiger partial charge in [-0.15, -0.1) is 0 Å². The van der Waals surface area contributed by atoms with Gasteiger partial charge in [-0.1, -0.05) is 50.3 Å². The Hall–Kier alpha value is -2.10. The third-order valence-corrected chi connectivity index (χ3v) is 6.18. The Morgan fingerprint density at radius 2 is 1.82 bits per heavy atom. The minimum atomic E-state index is -1.22. The number of nitrogens with zero attached hydrogens (tertiary/aromatic N) is 1. The summed E-state index contributed by atoms with van der Waals surface area (Å²) in [5.41, 5.74) is -1.17. The minimum Gasteiger partial charge on any atom is -0.481 e. The molecule has 144 valence electrons. The molecule has 0 radical (unpaired) electrons. The minimum absolute atomic E-state index is 0.297. The molecule has 6 heteroatoms. The SMILES string of the molecule is CC1(C)[C@H](C=C(Br)Br)[C@@]1(C(=O)O)[C@@H](C#N)c1cccc(Oc2ccccc2)c1. The van der Waals surface area contributed by atoms with Crippen LogP contribution in [0.4, 0.5) is 0 Å². The van der Waals surface area contributed by atoms with Crippen LogP contribution in [0.5, 0.6) is 11.5 Å². The number of rotatable bonds is 6. The zero-order valence-electron chi connectivity index (χ0n) is 15.4. The van der Waals surface area contributed by atoms with Gasteiger partial charge in [-0.3, -0.25) is 4.79 Å². The maximum Gasteiger partial charge on any atom is 0.312 e. The third kappa shape index (κ3) is 3.38. The Morgan fingerprint density at radius 3 is 2.39 bits per heavy atom. The second-order valence-corrected chi connectivity index (χ2v) is 10.2. The lowest BCUT2D eigenvalue weighted by atomic mass is 9.78. The summed E-state index contributed by atoms with van der Waals surface area (Å²) < 4.78 is 6.55. The van der Waals surface area contributed by atoms with Gasteiger partial charge in [0.25, 0.3) is 0 Å². The lowest BCUT2D eigenvalue weighted by Crippen LogP contribution is -2.28. The van der Waals surface area contributed by atoms with E-state index >= 15 is 0 Å². The number of ether oxygens (including phenoxy) is 1. The van der Waals surface area contributed by atoms with Crippen molar-refractivity contribution in [3.63, 3.8) is 0 Å². The molecule has 3 rings (SSSR count). The number of nitriles is 1. The van der Waals surface area contributed by atoms with Gasteiger partial charge in [0.1, 0.15) is 16.9 Å². The molecule has 28 heavy (non-hydrogen) atoms. The van der Waals surface area contributed by atoms with Crippen LogP contribution in [0.1, 0.15) is 25.3 Å². The first-order valence-electron chi connectivity index (χ1n) is 8.73. The van der Waals surface area contributed by atoms with E-state index < -0.39 is 22.7 Å². The van der Waals surface area contributed by atoms with Crippen LogP contribution in [0.15, 0.2) is 64.1 Å². The van der Waals surface area contributed by atoms with E-state index in [0.717, 1.165) is 0 Å². The molecular formula is C22H19Br2NO3. The number of allylic oxidation sites excluding steroid dienone is 1. The molecule has 0 heterocycles. The van der Waals surface area contributed by atoms with E-state index in [1.807, 2.05) is 50.3 Å². The molecule has 2 aromatic rings. The topological polar surface area (TPSA) is 70.3 Å². The van der Waals surface area contributed by atoms with Crippen LogP contribution in [0, 0.1) is 28.1 Å². The molecule has 1 saturated carbocycles. The summed E-state index contributed by atoms with van der Waals surface area (Å²) >= 11 is 6.65. The standard InChI is InChI=1S/C22H19Br2NO3/c1-21(2)18(12-19(23)24)22(21,20(26)27)17(13-25)14-7-6-10-16(11-14)28-15-8-4-3-5-9-15/h3-12,17-18H,1-2H3,(H,26,27)/t17-,18-,22+/m0/s1. The lowest BCUT2D eigenvalue weighted by Gasteiger charge is -2.22. The van der Waals surface area contributed by atoms with Crippen molar-refractivity contribution in [3.8, 4) is 17.6 Å². The molecule has 2 aromatic carbocycles. The number of benzene rings is 2. The first kappa shape index (κ1) is 20.6. The summed E-state index contributed by atoms with van der Waals surface area (Å²) in [5.74, 6) is -0.843. The Labute approximate surface area is 181 Å². The van der Waals surface area contributed by atoms with E-state index in [1.165, 1.54) is 0 Å². The molecule has 0 aliphatic heterocycles. The van der Waals surface area contributed by atoms with Crippen molar-refractivity contribution in [3.05, 3.63) is 69.6 Å². The van der Waals surface area contributed by atoms with E-state index in [1.54, 1.807) is 24.3 Å². The van der Waals surface area contributed by atoms with Crippen molar-refractivity contribution in [1.29, 1.82) is 5.26 Å². The number of para-hydroxylation sites is 1. The van der Waals surface area contributed by atoms with Crippen molar-refractivity contribution in [1.82, 2.24) is 0 Å². The molecule has 0 saturated heterocycles. The van der Waals surface area contributed by atoms with Gasteiger partial charge < -0.3 is 9.84 Å². The number of hydrogen-bond acceptors (Lipinski definition) is 3. The predicted octanol–water partition coefficient (Wildman–Crippen LogP) is 6.44. The highest BCUT2D eigenvalue weighted by Gasteiger charge is 2.78. The molecule has 3 atom stereocenters. The molecular weight excluding hydrogens is 486 g/mol. The summed E-state index contributed by atoms with van der Waals surface area (Å²) in [6.07, 6.45) is 1.82. The van der Waals surface area contributed by atoms with Crippen molar-refractivity contribution in [2.45, 2.75) is 19.8 Å². The van der Waals surface area contributed by atoms with E-state index in [9.17, 15) is 15.2 Å². The van der Waals surface area contributed by atoms with Gasteiger partial charge in [-0.25, -0.2) is 0 Å². The fraction of sp³-hybridized carbons (Fsp3) is 0.273. The van der Waals surface area contributed by atoms with Gasteiger partial charge in [0.05, 0.1) is 15.4 Å². The molecule has 4 nitrogen and oxygen atoms in total. The van der Waals surface area contributed by atoms with Crippen LogP contribution in [0.25, 0.3) is 0 Å². The molecule has 1 fully saturated rings. The van der Waals surface area contributed by atoms with Gasteiger partial charge in [0.15, 0.2) is 0 Å². The largest absolute Gasteiger partial charge is 0.481 e. The molecule has 0 aromatic heterocycles. The highest BCUT2D eigenvalue weighted by atomic mass is 79.9. The van der Waals surface area contributed by atoms with Crippen LogP contribution in [-0.4, -0.2) is 11.1 Å². The second-order valence-electron chi connectivity index (χ2n) is 7.38. The fourth-order valence-corrected chi connectivity index (χ4v) is 4.74. The van der Waals surface area contributed by atoms with E-state index in [2.05, 4.69) is 37.9 Å². The Bertz CT molecular complexity index is 961. The quantitative estimate of drug-likeness (QED) is 0.491. The first-order chi connectivity index (χ1) is 13.2. The van der Waals surface area contributed by atoms with Crippen LogP contribution in [-0.2, 0) is 4.79 Å². The third-order valence-electron chi connectivity index (χ3n) is 5.65. The van der Waals surface area contributed by atoms with Crippen molar-refractivity contribution < 1.29 is 14.6 Å². The van der Waals surface area contributed by atoms with Crippen LogP contribution in [0.2, 0.25) is 0 Å². The summed E-state index contributed by atoms with van der Waals surface area (Å²) in [7, 11) is 0. The molecule has 1 aliphatic carbocycles. The van der Waals surface area contributed by atoms with Crippen molar-refractivity contribution in [2.24, 2.45) is 16.7 Å². The van der Waals surface area contributed by atoms with Crippen LogP contribution >= 0.6 is 31.9 Å². The second kappa shape index (κ2) is 7.73. The molecule has 0 spiro atoms. The van der Waals surface area contributed by atoms with Crippen LogP contribution in [0.3, 0.4) is 0 Å².